The molecule has 0 aliphatic rings. The van der Waals surface area contributed by atoms with Gasteiger partial charge in [0, 0.05) is 0 Å². The molecule has 0 saturated carbocycles. The van der Waals surface area contributed by atoms with Crippen molar-refractivity contribution in [3.63, 3.8) is 0 Å². The minimum Gasteiger partial charge on any atom is -0.479 e. The Morgan fingerprint density at radius 2 is 1.47 bits per heavy atom. The van der Waals surface area contributed by atoms with Gasteiger partial charge in [0.2, 0.25) is 6.04 Å². The lowest BCUT2D eigenvalue weighted by Gasteiger charge is -2.17. The van der Waals surface area contributed by atoms with Gasteiger partial charge in [-0.1, -0.05) is 0 Å². The zero-order valence-electron chi connectivity index (χ0n) is 6.61. The number of amides is 1. The van der Waals surface area contributed by atoms with E-state index in [2.05, 4.69) is 0 Å². The standard InChI is InChI=1S/C5H3F6NO3/c6-4(7,8)1(2(13)14)12-3(15)5(9,10)11/h1H,(H,12,15)(H,13,14). The Kier molecular flexibility index (Phi) is 3.56. The zero-order chi connectivity index (χ0) is 12.4. The van der Waals surface area contributed by atoms with E-state index in [1.165, 1.54) is 0 Å². The SMILES string of the molecule is O=C(O)C(NC(=O)C(F)(F)F)C(F)(F)F. The van der Waals surface area contributed by atoms with E-state index < -0.39 is 30.3 Å². The number of hydrogen-bond donors (Lipinski definition) is 2. The molecule has 0 aliphatic heterocycles. The molecule has 10 heteroatoms. The monoisotopic (exact) mass is 239 g/mol. The van der Waals surface area contributed by atoms with Gasteiger partial charge in [0.05, 0.1) is 0 Å². The fraction of sp³-hybridized carbons (Fsp3) is 0.600. The van der Waals surface area contributed by atoms with Gasteiger partial charge in [0.1, 0.15) is 0 Å². The Bertz CT molecular complexity index is 269. The lowest BCUT2D eigenvalue weighted by molar-refractivity contribution is -0.194. The van der Waals surface area contributed by atoms with E-state index in [-0.39, 0.29) is 0 Å². The Hall–Kier alpha value is -1.48. The molecule has 0 radical (unpaired) electrons. The molecule has 1 amide bonds. The third-order valence-electron chi connectivity index (χ3n) is 1.11. The number of carboxylic acid groups (broad SMARTS) is 1. The van der Waals surface area contributed by atoms with Crippen LogP contribution in [0.2, 0.25) is 0 Å². The second-order valence-corrected chi connectivity index (χ2v) is 2.28. The summed E-state index contributed by atoms with van der Waals surface area (Å²) in [6.07, 6.45) is -11.1. The lowest BCUT2D eigenvalue weighted by Crippen LogP contribution is -2.54. The second-order valence-electron chi connectivity index (χ2n) is 2.28. The number of carboxylic acids is 1. The third kappa shape index (κ3) is 4.04. The molecule has 0 fully saturated rings. The summed E-state index contributed by atoms with van der Waals surface area (Å²) >= 11 is 0. The normalized spacial score (nSPS) is 14.5. The molecule has 2 N–H and O–H groups in total. The maximum Gasteiger partial charge on any atom is 0.471 e. The van der Waals surface area contributed by atoms with Crippen LogP contribution in [0.3, 0.4) is 0 Å². The van der Waals surface area contributed by atoms with Crippen molar-refractivity contribution in [3.8, 4) is 0 Å². The van der Waals surface area contributed by atoms with Crippen LogP contribution >= 0.6 is 0 Å². The van der Waals surface area contributed by atoms with E-state index in [0.717, 1.165) is 0 Å². The fourth-order valence-electron chi connectivity index (χ4n) is 0.497. The summed E-state index contributed by atoms with van der Waals surface area (Å²) < 4.78 is 69.7. The number of alkyl halides is 6. The molecule has 0 heterocycles. The average Bonchev–Trinajstić information content (AvgIpc) is 1.94. The summed E-state index contributed by atoms with van der Waals surface area (Å²) in [4.78, 5) is 19.9. The highest BCUT2D eigenvalue weighted by Gasteiger charge is 2.50. The molecule has 0 spiro atoms. The van der Waals surface area contributed by atoms with E-state index in [1.54, 1.807) is 0 Å². The van der Waals surface area contributed by atoms with Crippen molar-refractivity contribution in [3.05, 3.63) is 0 Å². The Morgan fingerprint density at radius 3 is 1.67 bits per heavy atom. The number of halogens is 6. The molecule has 1 unspecified atom stereocenters. The first-order valence-corrected chi connectivity index (χ1v) is 3.13. The molecular weight excluding hydrogens is 236 g/mol. The first-order valence-electron chi connectivity index (χ1n) is 3.13. The van der Waals surface area contributed by atoms with E-state index in [1.807, 2.05) is 0 Å². The predicted molar refractivity (Wildman–Crippen MR) is 31.7 cm³/mol. The van der Waals surface area contributed by atoms with Crippen molar-refractivity contribution < 1.29 is 41.0 Å². The quantitative estimate of drug-likeness (QED) is 0.696. The number of aliphatic carboxylic acids is 1. The predicted octanol–water partition coefficient (Wildman–Crippen LogP) is 0.680. The van der Waals surface area contributed by atoms with Crippen molar-refractivity contribution in [2.24, 2.45) is 0 Å². The van der Waals surface area contributed by atoms with Crippen LogP contribution < -0.4 is 5.32 Å². The van der Waals surface area contributed by atoms with Crippen LogP contribution in [-0.2, 0) is 9.59 Å². The Balaban J connectivity index is 4.74. The smallest absolute Gasteiger partial charge is 0.471 e. The molecule has 1 atom stereocenters. The minimum absolute atomic E-state index is 0.308. The zero-order valence-corrected chi connectivity index (χ0v) is 6.61. The van der Waals surface area contributed by atoms with Crippen LogP contribution in [0.4, 0.5) is 26.3 Å². The van der Waals surface area contributed by atoms with Gasteiger partial charge in [-0.15, -0.1) is 0 Å². The van der Waals surface area contributed by atoms with Crippen LogP contribution in [0.5, 0.6) is 0 Å². The van der Waals surface area contributed by atoms with E-state index >= 15 is 0 Å². The average molecular weight is 239 g/mol. The molecule has 0 aliphatic carbocycles. The van der Waals surface area contributed by atoms with Gasteiger partial charge in [0.15, 0.2) is 0 Å². The third-order valence-corrected chi connectivity index (χ3v) is 1.11. The molecule has 0 aromatic carbocycles. The molecule has 0 aromatic heterocycles. The highest BCUT2D eigenvalue weighted by molar-refractivity contribution is 5.87. The van der Waals surface area contributed by atoms with Gasteiger partial charge in [-0.2, -0.15) is 26.3 Å². The topological polar surface area (TPSA) is 66.4 Å². The number of rotatable bonds is 2. The summed E-state index contributed by atoms with van der Waals surface area (Å²) in [6, 6.07) is -3.58. The molecule has 0 rings (SSSR count). The van der Waals surface area contributed by atoms with Crippen molar-refractivity contribution in [2.45, 2.75) is 18.4 Å². The van der Waals surface area contributed by atoms with Gasteiger partial charge < -0.3 is 10.4 Å². The Labute approximate surface area is 77.9 Å². The van der Waals surface area contributed by atoms with Crippen LogP contribution in [0.1, 0.15) is 0 Å². The highest BCUT2D eigenvalue weighted by atomic mass is 19.4. The molecule has 4 nitrogen and oxygen atoms in total. The summed E-state index contributed by atoms with van der Waals surface area (Å²) in [5.41, 5.74) is 0. The van der Waals surface area contributed by atoms with Gasteiger partial charge in [-0.25, -0.2) is 4.79 Å². The number of hydrogen-bond acceptors (Lipinski definition) is 2. The van der Waals surface area contributed by atoms with Crippen molar-refractivity contribution in [1.82, 2.24) is 5.32 Å². The molecule has 0 aromatic rings. The maximum absolute atomic E-state index is 11.8. The summed E-state index contributed by atoms with van der Waals surface area (Å²) in [5.74, 6) is -5.59. The van der Waals surface area contributed by atoms with E-state index in [0.29, 0.717) is 5.32 Å². The Morgan fingerprint density at radius 1 is 1.07 bits per heavy atom. The lowest BCUT2D eigenvalue weighted by atomic mass is 10.3. The van der Waals surface area contributed by atoms with Crippen LogP contribution in [0.25, 0.3) is 0 Å². The summed E-state index contributed by atoms with van der Waals surface area (Å²) in [7, 11) is 0. The molecular formula is C5H3F6NO3. The number of nitrogens with one attached hydrogen (secondary N) is 1. The van der Waals surface area contributed by atoms with Crippen LogP contribution in [0, 0.1) is 0 Å². The molecule has 15 heavy (non-hydrogen) atoms. The van der Waals surface area contributed by atoms with Crippen molar-refractivity contribution in [2.75, 3.05) is 0 Å². The van der Waals surface area contributed by atoms with Crippen LogP contribution in [0.15, 0.2) is 0 Å². The van der Waals surface area contributed by atoms with Gasteiger partial charge in [-0.3, -0.25) is 4.79 Å². The summed E-state index contributed by atoms with van der Waals surface area (Å²) in [6.45, 7) is 0. The van der Waals surface area contributed by atoms with Crippen LogP contribution in [-0.4, -0.2) is 35.4 Å². The highest BCUT2D eigenvalue weighted by Crippen LogP contribution is 2.22. The number of carbonyl (C=O) groups is 2. The van der Waals surface area contributed by atoms with Crippen molar-refractivity contribution >= 4 is 11.9 Å². The summed E-state index contributed by atoms with van der Waals surface area (Å²) in [5, 5.41) is 8.23. The molecule has 88 valence electrons. The maximum atomic E-state index is 11.8. The van der Waals surface area contributed by atoms with Gasteiger partial charge in [0.25, 0.3) is 0 Å². The first-order chi connectivity index (χ1) is 6.46. The molecule has 0 saturated heterocycles. The fourth-order valence-corrected chi connectivity index (χ4v) is 0.497. The van der Waals surface area contributed by atoms with E-state index in [9.17, 15) is 35.9 Å². The van der Waals surface area contributed by atoms with Crippen molar-refractivity contribution in [1.29, 1.82) is 0 Å². The van der Waals surface area contributed by atoms with Gasteiger partial charge in [-0.05, 0) is 0 Å². The van der Waals surface area contributed by atoms with E-state index in [4.69, 9.17) is 5.11 Å². The molecule has 0 bridgehead atoms. The number of carbonyl (C=O) groups excluding carboxylic acids is 1. The minimum atomic E-state index is -5.57. The largest absolute Gasteiger partial charge is 0.479 e. The second kappa shape index (κ2) is 3.95. The first kappa shape index (κ1) is 13.5. The van der Waals surface area contributed by atoms with Gasteiger partial charge >= 0.3 is 24.2 Å².